The highest BCUT2D eigenvalue weighted by Crippen LogP contribution is 2.56. The lowest BCUT2D eigenvalue weighted by Crippen LogP contribution is -2.15. The Labute approximate surface area is 286 Å². The van der Waals surface area contributed by atoms with Gasteiger partial charge in [0.05, 0.1) is 0 Å². The van der Waals surface area contributed by atoms with E-state index in [-0.39, 0.29) is 5.41 Å². The first kappa shape index (κ1) is 28.1. The molecular weight excluding hydrogens is 589 g/mol. The van der Waals surface area contributed by atoms with Gasteiger partial charge in [-0.25, -0.2) is 0 Å². The fraction of sp³-hybridized carbons (Fsp3) is 0.0612. The van der Waals surface area contributed by atoms with Crippen LogP contribution in [0.4, 0.5) is 0 Å². The van der Waals surface area contributed by atoms with Gasteiger partial charge in [-0.3, -0.25) is 0 Å². The summed E-state index contributed by atoms with van der Waals surface area (Å²) >= 11 is 0. The minimum Gasteiger partial charge on any atom is -0.0616 e. The summed E-state index contributed by atoms with van der Waals surface area (Å²) in [5.41, 5.74) is 13.1. The highest BCUT2D eigenvalue weighted by atomic mass is 14.4. The summed E-state index contributed by atoms with van der Waals surface area (Å²) in [5, 5.41) is 10.3. The van der Waals surface area contributed by atoms with Gasteiger partial charge in [0.2, 0.25) is 0 Å². The lowest BCUT2D eigenvalue weighted by atomic mass is 9.79. The average molecular weight is 623 g/mol. The Morgan fingerprint density at radius 1 is 0.286 bits per heavy atom. The van der Waals surface area contributed by atoms with E-state index in [1.807, 2.05) is 0 Å². The molecule has 0 spiro atoms. The molecule has 0 fully saturated rings. The molecule has 0 nitrogen and oxygen atoms in total. The third kappa shape index (κ3) is 3.98. The Balaban J connectivity index is 1.31. The molecule has 0 aliphatic heterocycles. The van der Waals surface area contributed by atoms with Crippen molar-refractivity contribution in [1.82, 2.24) is 0 Å². The molecule has 0 amide bonds. The van der Waals surface area contributed by atoms with Gasteiger partial charge in [0, 0.05) is 5.41 Å². The van der Waals surface area contributed by atoms with Crippen LogP contribution in [0, 0.1) is 0 Å². The molecule has 230 valence electrons. The first-order chi connectivity index (χ1) is 24.1. The van der Waals surface area contributed by atoms with Crippen LogP contribution in [0.2, 0.25) is 0 Å². The standard InChI is InChI=1S/C49H34/c1-49(2)44-28-14-27-42(47(44)43-30-29-32-16-4-6-19-34(32)48(43)49)46-40-24-11-9-22-38(40)45(39-23-10-12-25-41(39)46)37-21-8-7-20-36(37)35-26-13-17-31-15-3-5-18-33(31)35/h3-30H,1-2H3. The zero-order chi connectivity index (χ0) is 32.7. The van der Waals surface area contributed by atoms with Crippen LogP contribution in [0.15, 0.2) is 170 Å². The third-order valence-corrected chi connectivity index (χ3v) is 11.0. The summed E-state index contributed by atoms with van der Waals surface area (Å²) < 4.78 is 0. The Morgan fingerprint density at radius 3 is 1.41 bits per heavy atom. The molecule has 9 aromatic carbocycles. The van der Waals surface area contributed by atoms with E-state index in [9.17, 15) is 0 Å². The van der Waals surface area contributed by atoms with E-state index in [4.69, 9.17) is 0 Å². The van der Waals surface area contributed by atoms with Crippen molar-refractivity contribution in [2.45, 2.75) is 19.3 Å². The summed E-state index contributed by atoms with van der Waals surface area (Å²) in [6.45, 7) is 4.80. The smallest absolute Gasteiger partial charge is 0.0165 e. The first-order valence-electron chi connectivity index (χ1n) is 17.3. The molecule has 0 bridgehead atoms. The summed E-state index contributed by atoms with van der Waals surface area (Å²) in [4.78, 5) is 0. The van der Waals surface area contributed by atoms with Crippen molar-refractivity contribution in [1.29, 1.82) is 0 Å². The quantitative estimate of drug-likeness (QED) is 0.172. The molecule has 10 rings (SSSR count). The molecule has 0 atom stereocenters. The van der Waals surface area contributed by atoms with E-state index in [0.717, 1.165) is 0 Å². The predicted octanol–water partition coefficient (Wildman–Crippen LogP) is 13.6. The minimum atomic E-state index is -0.121. The van der Waals surface area contributed by atoms with E-state index in [1.54, 1.807) is 0 Å². The Morgan fingerprint density at radius 2 is 0.735 bits per heavy atom. The van der Waals surface area contributed by atoms with E-state index >= 15 is 0 Å². The van der Waals surface area contributed by atoms with E-state index < -0.39 is 0 Å². The van der Waals surface area contributed by atoms with Gasteiger partial charge in [0.15, 0.2) is 0 Å². The van der Waals surface area contributed by atoms with Gasteiger partial charge in [0.1, 0.15) is 0 Å². The fourth-order valence-electron chi connectivity index (χ4n) is 8.96. The summed E-state index contributed by atoms with van der Waals surface area (Å²) in [6, 6.07) is 63.0. The maximum absolute atomic E-state index is 2.40. The second-order valence-electron chi connectivity index (χ2n) is 14.0. The van der Waals surface area contributed by atoms with E-state index in [2.05, 4.69) is 184 Å². The van der Waals surface area contributed by atoms with Crippen LogP contribution >= 0.6 is 0 Å². The average Bonchev–Trinajstić information content (AvgIpc) is 3.40. The number of fused-ring (bicyclic) bond motifs is 8. The Kier molecular flexibility index (Phi) is 6.02. The fourth-order valence-corrected chi connectivity index (χ4v) is 8.96. The topological polar surface area (TPSA) is 0 Å². The summed E-state index contributed by atoms with van der Waals surface area (Å²) in [5.74, 6) is 0. The molecule has 49 heavy (non-hydrogen) atoms. The van der Waals surface area contributed by atoms with Gasteiger partial charge >= 0.3 is 0 Å². The molecule has 9 aromatic rings. The van der Waals surface area contributed by atoms with Gasteiger partial charge in [-0.2, -0.15) is 0 Å². The SMILES string of the molecule is CC1(C)c2cccc(-c3c4ccccc4c(-c4ccccc4-c4cccc5ccccc45)c4ccccc34)c2-c2ccc3ccccc3c21. The highest BCUT2D eigenvalue weighted by molar-refractivity contribution is 6.24. The van der Waals surface area contributed by atoms with Gasteiger partial charge in [0.25, 0.3) is 0 Å². The molecule has 1 aliphatic carbocycles. The molecule has 0 heterocycles. The number of hydrogen-bond acceptors (Lipinski definition) is 0. The van der Waals surface area contributed by atoms with E-state index in [0.29, 0.717) is 0 Å². The van der Waals surface area contributed by atoms with Gasteiger partial charge in [-0.05, 0) is 98.7 Å². The van der Waals surface area contributed by atoms with Crippen molar-refractivity contribution in [3.8, 4) is 44.5 Å². The second kappa shape index (κ2) is 10.5. The monoisotopic (exact) mass is 622 g/mol. The first-order valence-corrected chi connectivity index (χ1v) is 17.3. The zero-order valence-corrected chi connectivity index (χ0v) is 27.7. The molecule has 1 aliphatic rings. The van der Waals surface area contributed by atoms with Gasteiger partial charge in [-0.15, -0.1) is 0 Å². The molecule has 0 N–H and O–H groups in total. The van der Waals surface area contributed by atoms with Crippen LogP contribution in [0.1, 0.15) is 25.0 Å². The molecule has 0 aromatic heterocycles. The zero-order valence-electron chi connectivity index (χ0n) is 27.7. The molecule has 0 radical (unpaired) electrons. The normalized spacial score (nSPS) is 13.3. The van der Waals surface area contributed by atoms with Crippen molar-refractivity contribution in [2.75, 3.05) is 0 Å². The number of benzene rings is 9. The Hall–Kier alpha value is -5.98. The minimum absolute atomic E-state index is 0.121. The summed E-state index contributed by atoms with van der Waals surface area (Å²) in [6.07, 6.45) is 0. The predicted molar refractivity (Wildman–Crippen MR) is 210 cm³/mol. The van der Waals surface area contributed by atoms with Crippen molar-refractivity contribution < 1.29 is 0 Å². The third-order valence-electron chi connectivity index (χ3n) is 11.0. The van der Waals surface area contributed by atoms with Crippen molar-refractivity contribution in [3.63, 3.8) is 0 Å². The van der Waals surface area contributed by atoms with Crippen LogP contribution in [-0.4, -0.2) is 0 Å². The Bertz CT molecular complexity index is 2730. The van der Waals surface area contributed by atoms with Crippen LogP contribution < -0.4 is 0 Å². The highest BCUT2D eigenvalue weighted by Gasteiger charge is 2.38. The molecule has 0 saturated carbocycles. The summed E-state index contributed by atoms with van der Waals surface area (Å²) in [7, 11) is 0. The van der Waals surface area contributed by atoms with Crippen molar-refractivity contribution in [2.24, 2.45) is 0 Å². The molecule has 0 saturated heterocycles. The molecular formula is C49H34. The van der Waals surface area contributed by atoms with Gasteiger partial charge < -0.3 is 0 Å². The number of hydrogen-bond donors (Lipinski definition) is 0. The number of rotatable bonds is 3. The lowest BCUT2D eigenvalue weighted by Gasteiger charge is -2.24. The van der Waals surface area contributed by atoms with Crippen LogP contribution in [-0.2, 0) is 5.41 Å². The van der Waals surface area contributed by atoms with Gasteiger partial charge in [-0.1, -0.05) is 184 Å². The van der Waals surface area contributed by atoms with E-state index in [1.165, 1.54) is 98.7 Å². The molecule has 0 heteroatoms. The second-order valence-corrected chi connectivity index (χ2v) is 14.0. The largest absolute Gasteiger partial charge is 0.0616 e. The van der Waals surface area contributed by atoms with Crippen molar-refractivity contribution in [3.05, 3.63) is 181 Å². The van der Waals surface area contributed by atoms with Crippen molar-refractivity contribution >= 4 is 43.1 Å². The van der Waals surface area contributed by atoms with Crippen LogP contribution in [0.25, 0.3) is 87.6 Å². The van der Waals surface area contributed by atoms with Crippen LogP contribution in [0.3, 0.4) is 0 Å². The maximum Gasteiger partial charge on any atom is 0.0165 e. The van der Waals surface area contributed by atoms with Crippen LogP contribution in [0.5, 0.6) is 0 Å². The molecule has 0 unspecified atom stereocenters. The maximum atomic E-state index is 2.40. The lowest BCUT2D eigenvalue weighted by molar-refractivity contribution is 0.666.